The second kappa shape index (κ2) is 5.86. The molecule has 1 saturated heterocycles. The normalized spacial score (nSPS) is 16.1. The molecule has 0 bridgehead atoms. The van der Waals surface area contributed by atoms with Gasteiger partial charge in [-0.2, -0.15) is 0 Å². The largest absolute Gasteiger partial charge is 0.490 e. The van der Waals surface area contributed by atoms with E-state index in [0.717, 1.165) is 37.6 Å². The molecule has 0 unspecified atom stereocenters. The van der Waals surface area contributed by atoms with Crippen molar-refractivity contribution in [1.82, 2.24) is 15.0 Å². The molecule has 3 rings (SSSR count). The number of piperidine rings is 1. The first-order valence-corrected chi connectivity index (χ1v) is 6.91. The van der Waals surface area contributed by atoms with Gasteiger partial charge in [0.2, 0.25) is 5.95 Å². The van der Waals surface area contributed by atoms with Gasteiger partial charge in [0.1, 0.15) is 24.5 Å². The number of aromatic nitrogens is 3. The maximum Gasteiger partial charge on any atom is 0.228 e. The van der Waals surface area contributed by atoms with Gasteiger partial charge in [-0.05, 0) is 19.1 Å². The minimum atomic E-state index is 0.274. The third-order valence-corrected chi connectivity index (χ3v) is 3.53. The van der Waals surface area contributed by atoms with E-state index in [2.05, 4.69) is 38.9 Å². The van der Waals surface area contributed by atoms with E-state index in [1.54, 1.807) is 0 Å². The van der Waals surface area contributed by atoms with Gasteiger partial charge < -0.3 is 9.64 Å². The third kappa shape index (κ3) is 3.04. The Labute approximate surface area is 118 Å². The van der Waals surface area contributed by atoms with Crippen LogP contribution in [0.2, 0.25) is 0 Å². The second-order valence-electron chi connectivity index (χ2n) is 5.06. The molecule has 0 atom stereocenters. The van der Waals surface area contributed by atoms with E-state index in [4.69, 9.17) is 4.74 Å². The van der Waals surface area contributed by atoms with E-state index >= 15 is 0 Å². The Hall–Kier alpha value is -2.17. The van der Waals surface area contributed by atoms with Crippen molar-refractivity contribution in [2.45, 2.75) is 25.9 Å². The summed E-state index contributed by atoms with van der Waals surface area (Å²) in [6.07, 6.45) is 5.32. The number of ether oxygens (including phenoxy) is 1. The van der Waals surface area contributed by atoms with Crippen molar-refractivity contribution in [3.05, 3.63) is 42.5 Å². The van der Waals surface area contributed by atoms with Crippen molar-refractivity contribution >= 4 is 5.95 Å². The zero-order chi connectivity index (χ0) is 13.8. The Kier molecular flexibility index (Phi) is 3.76. The molecule has 0 radical (unpaired) electrons. The van der Waals surface area contributed by atoms with Gasteiger partial charge >= 0.3 is 0 Å². The summed E-state index contributed by atoms with van der Waals surface area (Å²) in [4.78, 5) is 14.4. The van der Waals surface area contributed by atoms with Gasteiger partial charge in [-0.25, -0.2) is 15.0 Å². The van der Waals surface area contributed by atoms with Crippen LogP contribution in [-0.2, 0) is 0 Å². The van der Waals surface area contributed by atoms with Gasteiger partial charge in [0.05, 0.1) is 0 Å². The maximum atomic E-state index is 6.01. The number of hydrogen-bond donors (Lipinski definition) is 0. The molecular weight excluding hydrogens is 252 g/mol. The molecule has 0 N–H and O–H groups in total. The van der Waals surface area contributed by atoms with Crippen LogP contribution >= 0.6 is 0 Å². The topological polar surface area (TPSA) is 51.1 Å². The van der Waals surface area contributed by atoms with Crippen molar-refractivity contribution in [2.24, 2.45) is 0 Å². The Morgan fingerprint density at radius 2 is 1.70 bits per heavy atom. The fourth-order valence-electron chi connectivity index (χ4n) is 2.38. The van der Waals surface area contributed by atoms with E-state index in [1.165, 1.54) is 18.2 Å². The Morgan fingerprint density at radius 1 is 1.05 bits per heavy atom. The zero-order valence-corrected chi connectivity index (χ0v) is 11.6. The number of nitrogens with zero attached hydrogens (tertiary/aromatic N) is 4. The fraction of sp³-hybridized carbons (Fsp3) is 0.400. The standard InChI is InChI=1S/C15H18N4O/c1-12-2-4-13(5-3-12)20-14-6-8-19(9-7-14)15-17-10-16-11-18-15/h2-5,10-11,14H,6-9H2,1H3. The predicted octanol–water partition coefficient (Wildman–Crippen LogP) is 2.23. The van der Waals surface area contributed by atoms with Gasteiger partial charge in [0.15, 0.2) is 0 Å². The minimum absolute atomic E-state index is 0.274. The monoisotopic (exact) mass is 270 g/mol. The molecule has 0 aliphatic carbocycles. The molecule has 1 aliphatic heterocycles. The maximum absolute atomic E-state index is 6.01. The first kappa shape index (κ1) is 12.8. The summed E-state index contributed by atoms with van der Waals surface area (Å²) in [5.41, 5.74) is 1.25. The van der Waals surface area contributed by atoms with Crippen LogP contribution in [0.15, 0.2) is 36.9 Å². The minimum Gasteiger partial charge on any atom is -0.490 e. The summed E-state index contributed by atoms with van der Waals surface area (Å²) >= 11 is 0. The quantitative estimate of drug-likeness (QED) is 0.856. The van der Waals surface area contributed by atoms with Crippen molar-refractivity contribution in [3.8, 4) is 5.75 Å². The second-order valence-corrected chi connectivity index (χ2v) is 5.06. The summed E-state index contributed by atoms with van der Waals surface area (Å²) in [5.74, 6) is 1.71. The van der Waals surface area contributed by atoms with Crippen LogP contribution in [0.25, 0.3) is 0 Å². The van der Waals surface area contributed by atoms with Gasteiger partial charge in [-0.15, -0.1) is 0 Å². The lowest BCUT2D eigenvalue weighted by Crippen LogP contribution is -2.39. The van der Waals surface area contributed by atoms with Crippen LogP contribution < -0.4 is 9.64 Å². The molecule has 1 aliphatic rings. The molecule has 5 nitrogen and oxygen atoms in total. The molecule has 5 heteroatoms. The molecule has 1 aromatic carbocycles. The van der Waals surface area contributed by atoms with Crippen molar-refractivity contribution < 1.29 is 4.74 Å². The van der Waals surface area contributed by atoms with E-state index < -0.39 is 0 Å². The molecule has 0 spiro atoms. The molecule has 104 valence electrons. The highest BCUT2D eigenvalue weighted by Crippen LogP contribution is 2.21. The molecule has 2 heterocycles. The molecular formula is C15H18N4O. The zero-order valence-electron chi connectivity index (χ0n) is 11.6. The van der Waals surface area contributed by atoms with Crippen molar-refractivity contribution in [3.63, 3.8) is 0 Å². The smallest absolute Gasteiger partial charge is 0.228 e. The number of aryl methyl sites for hydroxylation is 1. The highest BCUT2D eigenvalue weighted by molar-refractivity contribution is 5.29. The molecule has 1 aromatic heterocycles. The lowest BCUT2D eigenvalue weighted by Gasteiger charge is -2.32. The highest BCUT2D eigenvalue weighted by Gasteiger charge is 2.21. The van der Waals surface area contributed by atoms with Crippen LogP contribution in [0.3, 0.4) is 0 Å². The summed E-state index contributed by atoms with van der Waals surface area (Å²) in [5, 5.41) is 0. The summed E-state index contributed by atoms with van der Waals surface area (Å²) in [6.45, 7) is 3.91. The summed E-state index contributed by atoms with van der Waals surface area (Å²) < 4.78 is 6.01. The summed E-state index contributed by atoms with van der Waals surface area (Å²) in [7, 11) is 0. The van der Waals surface area contributed by atoms with E-state index in [1.807, 2.05) is 12.1 Å². The van der Waals surface area contributed by atoms with Gasteiger partial charge in [0.25, 0.3) is 0 Å². The summed E-state index contributed by atoms with van der Waals surface area (Å²) in [6, 6.07) is 8.23. The van der Waals surface area contributed by atoms with Crippen molar-refractivity contribution in [2.75, 3.05) is 18.0 Å². The average molecular weight is 270 g/mol. The van der Waals surface area contributed by atoms with Crippen LogP contribution in [0.1, 0.15) is 18.4 Å². The molecule has 2 aromatic rings. The SMILES string of the molecule is Cc1ccc(OC2CCN(c3ncncn3)CC2)cc1. The fourth-order valence-corrected chi connectivity index (χ4v) is 2.38. The van der Waals surface area contributed by atoms with Crippen LogP contribution in [0, 0.1) is 6.92 Å². The molecule has 0 saturated carbocycles. The number of rotatable bonds is 3. The Morgan fingerprint density at radius 3 is 2.35 bits per heavy atom. The average Bonchev–Trinajstić information content (AvgIpc) is 2.51. The number of hydrogen-bond acceptors (Lipinski definition) is 5. The first-order chi connectivity index (χ1) is 9.81. The molecule has 1 fully saturated rings. The molecule has 20 heavy (non-hydrogen) atoms. The number of benzene rings is 1. The van der Waals surface area contributed by atoms with E-state index in [9.17, 15) is 0 Å². The van der Waals surface area contributed by atoms with Gasteiger partial charge in [-0.1, -0.05) is 17.7 Å². The van der Waals surface area contributed by atoms with E-state index in [-0.39, 0.29) is 6.10 Å². The van der Waals surface area contributed by atoms with E-state index in [0.29, 0.717) is 0 Å². The van der Waals surface area contributed by atoms with Crippen LogP contribution in [0.4, 0.5) is 5.95 Å². The lowest BCUT2D eigenvalue weighted by atomic mass is 10.1. The van der Waals surface area contributed by atoms with Crippen LogP contribution in [0.5, 0.6) is 5.75 Å². The van der Waals surface area contributed by atoms with Crippen molar-refractivity contribution in [1.29, 1.82) is 0 Å². The van der Waals surface area contributed by atoms with Gasteiger partial charge in [-0.3, -0.25) is 0 Å². The lowest BCUT2D eigenvalue weighted by molar-refractivity contribution is 0.170. The number of anilines is 1. The molecule has 0 amide bonds. The van der Waals surface area contributed by atoms with Crippen LogP contribution in [-0.4, -0.2) is 34.1 Å². The predicted molar refractivity (Wildman–Crippen MR) is 76.9 cm³/mol. The van der Waals surface area contributed by atoms with Gasteiger partial charge in [0, 0.05) is 25.9 Å². The first-order valence-electron chi connectivity index (χ1n) is 6.91. The Bertz CT molecular complexity index is 536. The third-order valence-electron chi connectivity index (χ3n) is 3.53. The highest BCUT2D eigenvalue weighted by atomic mass is 16.5. The Balaban J connectivity index is 1.55.